The summed E-state index contributed by atoms with van der Waals surface area (Å²) in [4.78, 5) is 44.5. The number of hydrogen-bond donors (Lipinski definition) is 0. The van der Waals surface area contributed by atoms with E-state index in [0.717, 1.165) is 43.1 Å². The molecule has 2 saturated heterocycles. The summed E-state index contributed by atoms with van der Waals surface area (Å²) in [6.45, 7) is 3.70. The van der Waals surface area contributed by atoms with Crippen LogP contribution in [-0.2, 0) is 14.3 Å². The number of carbonyl (C=O) groups excluding carboxylic acids is 3. The second-order valence-electron chi connectivity index (χ2n) is 11.8. The Kier molecular flexibility index (Phi) is 8.18. The highest BCUT2D eigenvalue weighted by Crippen LogP contribution is 2.46. The molecule has 2 saturated carbocycles. The van der Waals surface area contributed by atoms with Gasteiger partial charge in [-0.2, -0.15) is 0 Å². The number of benzene rings is 1. The average Bonchev–Trinajstić information content (AvgIpc) is 2.87. The number of ether oxygens (including phenoxy) is 1. The second kappa shape index (κ2) is 11.5. The van der Waals surface area contributed by atoms with E-state index in [4.69, 9.17) is 4.74 Å². The van der Waals surface area contributed by atoms with Gasteiger partial charge < -0.3 is 4.74 Å². The number of rotatable bonds is 7. The molecule has 1 aromatic carbocycles. The van der Waals surface area contributed by atoms with Crippen LogP contribution in [0.1, 0.15) is 83.1 Å². The summed E-state index contributed by atoms with van der Waals surface area (Å²) in [7, 11) is 0. The molecule has 4 fully saturated rings. The molecule has 0 spiro atoms. The fourth-order valence-corrected chi connectivity index (χ4v) is 8.04. The summed E-state index contributed by atoms with van der Waals surface area (Å²) in [5.74, 6) is 1.29. The van der Waals surface area contributed by atoms with Gasteiger partial charge in [0, 0.05) is 29.9 Å². The Balaban J connectivity index is 1.34. The number of urea groups is 1. The first-order chi connectivity index (χ1) is 18.0. The molecule has 4 unspecified atom stereocenters. The lowest BCUT2D eigenvalue weighted by molar-refractivity contribution is -0.141. The normalized spacial score (nSPS) is 31.3. The number of esters is 1. The highest BCUT2D eigenvalue weighted by molar-refractivity contribution is 6.01. The maximum absolute atomic E-state index is 13.9. The molecule has 7 nitrogen and oxygen atoms in total. The van der Waals surface area contributed by atoms with E-state index in [1.165, 1.54) is 54.7 Å². The summed E-state index contributed by atoms with van der Waals surface area (Å²) in [5.41, 5.74) is 1.51. The number of hydrogen-bond acceptors (Lipinski definition) is 5. The Bertz CT molecular complexity index is 957. The van der Waals surface area contributed by atoms with Gasteiger partial charge in [0.2, 0.25) is 6.41 Å². The number of aryl methyl sites for hydroxylation is 1. The van der Waals surface area contributed by atoms with Crippen LogP contribution in [0.15, 0.2) is 24.3 Å². The van der Waals surface area contributed by atoms with E-state index in [1.807, 2.05) is 31.2 Å². The first-order valence-corrected chi connectivity index (χ1v) is 14.5. The largest absolute Gasteiger partial charge is 0.465 e. The van der Waals surface area contributed by atoms with Crippen molar-refractivity contribution in [1.82, 2.24) is 9.80 Å². The predicted octanol–water partition coefficient (Wildman–Crippen LogP) is 5.30. The Morgan fingerprint density at radius 2 is 1.59 bits per heavy atom. The van der Waals surface area contributed by atoms with Crippen LogP contribution < -0.4 is 4.90 Å². The van der Waals surface area contributed by atoms with Gasteiger partial charge in [-0.1, -0.05) is 43.9 Å². The fourth-order valence-electron chi connectivity index (χ4n) is 8.04. The molecule has 4 atom stereocenters. The molecule has 202 valence electrons. The van der Waals surface area contributed by atoms with Crippen LogP contribution in [0, 0.1) is 18.8 Å². The lowest BCUT2D eigenvalue weighted by atomic mass is 9.68. The minimum absolute atomic E-state index is 0.145. The van der Waals surface area contributed by atoms with Gasteiger partial charge in [0.05, 0.1) is 6.61 Å². The van der Waals surface area contributed by atoms with E-state index >= 15 is 0 Å². The van der Waals surface area contributed by atoms with Crippen molar-refractivity contribution in [1.29, 1.82) is 0 Å². The van der Waals surface area contributed by atoms with E-state index in [1.54, 1.807) is 6.92 Å². The third-order valence-electron chi connectivity index (χ3n) is 9.49. The van der Waals surface area contributed by atoms with Crippen LogP contribution in [0.3, 0.4) is 0 Å². The van der Waals surface area contributed by atoms with Crippen molar-refractivity contribution in [3.8, 4) is 0 Å². The molecular formula is C30H43N3O4. The van der Waals surface area contributed by atoms with Gasteiger partial charge >= 0.3 is 12.0 Å². The maximum atomic E-state index is 13.9. The SMILES string of the molecule is CCOC(=O)CN(C(=O)N(C=O)C1CC2CCCC(C1)N2C1CC2CCCC(C2)C1)c1ccccc1C. The first kappa shape index (κ1) is 26.2. The van der Waals surface area contributed by atoms with Crippen molar-refractivity contribution in [2.24, 2.45) is 11.8 Å². The molecule has 2 aliphatic carbocycles. The van der Waals surface area contributed by atoms with Crippen LogP contribution in [0.4, 0.5) is 10.5 Å². The number of fused-ring (bicyclic) bond motifs is 4. The zero-order chi connectivity index (χ0) is 25.9. The second-order valence-corrected chi connectivity index (χ2v) is 11.8. The molecule has 1 aromatic rings. The zero-order valence-electron chi connectivity index (χ0n) is 22.5. The van der Waals surface area contributed by atoms with Crippen LogP contribution >= 0.6 is 0 Å². The monoisotopic (exact) mass is 509 g/mol. The Morgan fingerprint density at radius 3 is 2.22 bits per heavy atom. The Labute approximate surface area is 221 Å². The van der Waals surface area contributed by atoms with Gasteiger partial charge in [-0.25, -0.2) is 4.79 Å². The third kappa shape index (κ3) is 5.57. The Morgan fingerprint density at radius 1 is 0.946 bits per heavy atom. The summed E-state index contributed by atoms with van der Waals surface area (Å²) in [6.07, 6.45) is 14.1. The van der Waals surface area contributed by atoms with Gasteiger partial charge in [-0.05, 0) is 82.3 Å². The van der Waals surface area contributed by atoms with Gasteiger partial charge in [0.25, 0.3) is 0 Å². The molecule has 2 heterocycles. The summed E-state index contributed by atoms with van der Waals surface area (Å²) < 4.78 is 5.17. The summed E-state index contributed by atoms with van der Waals surface area (Å²) in [5, 5.41) is 0. The maximum Gasteiger partial charge on any atom is 0.331 e. The summed E-state index contributed by atoms with van der Waals surface area (Å²) in [6, 6.07) is 8.42. The number of anilines is 1. The van der Waals surface area contributed by atoms with Crippen molar-refractivity contribution >= 4 is 24.1 Å². The minimum atomic E-state index is -0.473. The van der Waals surface area contributed by atoms with Gasteiger partial charge in [0.15, 0.2) is 0 Å². The topological polar surface area (TPSA) is 70.2 Å². The van der Waals surface area contributed by atoms with Gasteiger partial charge in [-0.15, -0.1) is 0 Å². The number of amides is 3. The van der Waals surface area contributed by atoms with Crippen molar-refractivity contribution in [2.75, 3.05) is 18.1 Å². The molecular weight excluding hydrogens is 466 g/mol. The van der Waals surface area contributed by atoms with Crippen molar-refractivity contribution in [3.05, 3.63) is 29.8 Å². The average molecular weight is 510 g/mol. The van der Waals surface area contributed by atoms with Crippen LogP contribution in [0.25, 0.3) is 0 Å². The lowest BCUT2D eigenvalue weighted by Gasteiger charge is -2.56. The highest BCUT2D eigenvalue weighted by atomic mass is 16.5. The molecule has 0 aromatic heterocycles. The van der Waals surface area contributed by atoms with Crippen LogP contribution in [0.2, 0.25) is 0 Å². The van der Waals surface area contributed by atoms with Crippen molar-refractivity contribution in [3.63, 3.8) is 0 Å². The molecule has 4 bridgehead atoms. The van der Waals surface area contributed by atoms with Crippen molar-refractivity contribution < 1.29 is 19.1 Å². The number of piperidine rings is 2. The first-order valence-electron chi connectivity index (χ1n) is 14.5. The smallest absolute Gasteiger partial charge is 0.331 e. The number of nitrogens with zero attached hydrogens (tertiary/aromatic N) is 3. The van der Waals surface area contributed by atoms with Gasteiger partial charge in [-0.3, -0.25) is 24.3 Å². The van der Waals surface area contributed by atoms with Crippen molar-refractivity contribution in [2.45, 2.75) is 109 Å². The molecule has 2 aliphatic heterocycles. The number of para-hydroxylation sites is 1. The predicted molar refractivity (Wildman–Crippen MR) is 143 cm³/mol. The molecule has 3 amide bonds. The Hall–Kier alpha value is -2.41. The van der Waals surface area contributed by atoms with Crippen LogP contribution in [-0.4, -0.2) is 65.5 Å². The van der Waals surface area contributed by atoms with E-state index < -0.39 is 12.0 Å². The lowest BCUT2D eigenvalue weighted by Crippen LogP contribution is -2.62. The summed E-state index contributed by atoms with van der Waals surface area (Å²) >= 11 is 0. The molecule has 37 heavy (non-hydrogen) atoms. The fraction of sp³-hybridized carbons (Fsp3) is 0.700. The number of imide groups is 1. The number of carbonyl (C=O) groups is 3. The van der Waals surface area contributed by atoms with E-state index in [9.17, 15) is 14.4 Å². The van der Waals surface area contributed by atoms with Crippen LogP contribution in [0.5, 0.6) is 0 Å². The van der Waals surface area contributed by atoms with Gasteiger partial charge in [0.1, 0.15) is 6.54 Å². The molecule has 5 rings (SSSR count). The quantitative estimate of drug-likeness (QED) is 0.369. The van der Waals surface area contributed by atoms with E-state index in [0.29, 0.717) is 30.2 Å². The van der Waals surface area contributed by atoms with E-state index in [-0.39, 0.29) is 19.2 Å². The third-order valence-corrected chi connectivity index (χ3v) is 9.49. The zero-order valence-corrected chi connectivity index (χ0v) is 22.5. The molecule has 4 aliphatic rings. The molecule has 0 radical (unpaired) electrons. The minimum Gasteiger partial charge on any atom is -0.465 e. The standard InChI is InChI=1S/C30H43N3O4/c1-3-37-29(35)19-31(28-13-5-4-8-21(28)2)30(36)32(20-34)26-17-24-11-7-12-25(18-26)33(24)27-15-22-9-6-10-23(14-22)16-27/h4-5,8,13,20,22-27H,3,6-7,9-12,14-19H2,1-2H3. The molecule has 0 N–H and O–H groups in total. The molecule has 7 heteroatoms. The van der Waals surface area contributed by atoms with E-state index in [2.05, 4.69) is 4.90 Å². The highest BCUT2D eigenvalue weighted by Gasteiger charge is 2.47.